The van der Waals surface area contributed by atoms with Gasteiger partial charge in [0.2, 0.25) is 0 Å². The summed E-state index contributed by atoms with van der Waals surface area (Å²) in [6, 6.07) is 9.49. The molecule has 0 bridgehead atoms. The summed E-state index contributed by atoms with van der Waals surface area (Å²) >= 11 is 0. The van der Waals surface area contributed by atoms with Crippen molar-refractivity contribution in [2.24, 2.45) is 0 Å². The van der Waals surface area contributed by atoms with Crippen LogP contribution in [-0.2, 0) is 6.42 Å². The van der Waals surface area contributed by atoms with E-state index in [1.165, 1.54) is 19.3 Å². The van der Waals surface area contributed by atoms with Crippen LogP contribution in [0.15, 0.2) is 24.3 Å². The summed E-state index contributed by atoms with van der Waals surface area (Å²) in [4.78, 5) is 2.62. The third-order valence-corrected chi connectivity index (χ3v) is 5.78. The van der Waals surface area contributed by atoms with Crippen molar-refractivity contribution in [1.82, 2.24) is 10.2 Å². The zero-order valence-electron chi connectivity index (χ0n) is 14.4. The van der Waals surface area contributed by atoms with Crippen LogP contribution in [0.2, 0.25) is 0 Å². The predicted molar refractivity (Wildman–Crippen MR) is 92.0 cm³/mol. The van der Waals surface area contributed by atoms with Gasteiger partial charge >= 0.3 is 0 Å². The van der Waals surface area contributed by atoms with Crippen LogP contribution in [0.25, 0.3) is 0 Å². The van der Waals surface area contributed by atoms with Gasteiger partial charge in [0, 0.05) is 11.6 Å². The van der Waals surface area contributed by atoms with E-state index in [-0.39, 0.29) is 5.54 Å². The normalized spacial score (nSPS) is 21.5. The Kier molecular flexibility index (Phi) is 5.45. The first-order valence-corrected chi connectivity index (χ1v) is 8.60. The van der Waals surface area contributed by atoms with Crippen molar-refractivity contribution < 1.29 is 0 Å². The molecule has 0 aromatic heterocycles. The van der Waals surface area contributed by atoms with Crippen molar-refractivity contribution in [3.8, 4) is 0 Å². The van der Waals surface area contributed by atoms with Gasteiger partial charge in [0.1, 0.15) is 0 Å². The molecule has 3 atom stereocenters. The van der Waals surface area contributed by atoms with Gasteiger partial charge in [-0.25, -0.2) is 0 Å². The second-order valence-electron chi connectivity index (χ2n) is 6.56. The molecular formula is C19H32N2. The number of nitrogens with zero attached hydrogens (tertiary/aromatic N) is 1. The van der Waals surface area contributed by atoms with Crippen LogP contribution in [0.3, 0.4) is 0 Å². The first-order chi connectivity index (χ1) is 10.1. The van der Waals surface area contributed by atoms with E-state index in [9.17, 15) is 0 Å². The van der Waals surface area contributed by atoms with Gasteiger partial charge in [-0.3, -0.25) is 4.90 Å². The number of rotatable bonds is 8. The fourth-order valence-corrected chi connectivity index (χ4v) is 4.18. The van der Waals surface area contributed by atoms with Gasteiger partial charge < -0.3 is 5.32 Å². The number of hydrogen-bond donors (Lipinski definition) is 1. The Morgan fingerprint density at radius 1 is 1.24 bits per heavy atom. The standard InChI is InChI=1S/C19H32N2/c1-6-19(4,21(7-2)8-3)18(20-5)14-16-13-15-11-9-10-12-17(15)16/h9-12,16,18,20H,6-8,13-14H2,1-5H3. The fourth-order valence-electron chi connectivity index (χ4n) is 4.18. The summed E-state index contributed by atoms with van der Waals surface area (Å²) in [5.74, 6) is 0.736. The van der Waals surface area contributed by atoms with E-state index in [1.807, 2.05) is 0 Å². The molecule has 0 saturated heterocycles. The average molecular weight is 288 g/mol. The van der Waals surface area contributed by atoms with Crippen LogP contribution >= 0.6 is 0 Å². The third kappa shape index (κ3) is 3.02. The number of nitrogens with one attached hydrogen (secondary N) is 1. The van der Waals surface area contributed by atoms with Gasteiger partial charge in [0.05, 0.1) is 0 Å². The van der Waals surface area contributed by atoms with Gasteiger partial charge in [0.15, 0.2) is 0 Å². The van der Waals surface area contributed by atoms with E-state index in [2.05, 4.69) is 69.2 Å². The summed E-state index contributed by atoms with van der Waals surface area (Å²) in [7, 11) is 2.13. The second-order valence-corrected chi connectivity index (χ2v) is 6.56. The summed E-state index contributed by atoms with van der Waals surface area (Å²) in [5, 5.41) is 3.63. The highest BCUT2D eigenvalue weighted by Crippen LogP contribution is 2.40. The molecule has 1 aliphatic rings. The lowest BCUT2D eigenvalue weighted by atomic mass is 9.71. The molecule has 2 nitrogen and oxygen atoms in total. The fraction of sp³-hybridized carbons (Fsp3) is 0.684. The topological polar surface area (TPSA) is 15.3 Å². The molecule has 0 radical (unpaired) electrons. The minimum absolute atomic E-state index is 0.239. The molecule has 0 aliphatic heterocycles. The number of likely N-dealkylation sites (N-methyl/N-ethyl adjacent to an activating group) is 2. The molecule has 1 N–H and O–H groups in total. The van der Waals surface area contributed by atoms with Gasteiger partial charge in [-0.2, -0.15) is 0 Å². The van der Waals surface area contributed by atoms with E-state index >= 15 is 0 Å². The van der Waals surface area contributed by atoms with Gasteiger partial charge in [-0.05, 0) is 63.4 Å². The lowest BCUT2D eigenvalue weighted by molar-refractivity contribution is 0.0658. The molecule has 118 valence electrons. The Hall–Kier alpha value is -0.860. The highest BCUT2D eigenvalue weighted by molar-refractivity contribution is 5.40. The zero-order chi connectivity index (χ0) is 15.5. The number of hydrogen-bond acceptors (Lipinski definition) is 2. The quantitative estimate of drug-likeness (QED) is 0.782. The smallest absolute Gasteiger partial charge is 0.0331 e. The molecule has 2 rings (SSSR count). The van der Waals surface area contributed by atoms with Crippen molar-refractivity contribution in [3.05, 3.63) is 35.4 Å². The summed E-state index contributed by atoms with van der Waals surface area (Å²) < 4.78 is 0. The van der Waals surface area contributed by atoms with Crippen LogP contribution < -0.4 is 5.32 Å². The summed E-state index contributed by atoms with van der Waals surface area (Å²) in [6.07, 6.45) is 3.69. The highest BCUT2D eigenvalue weighted by atomic mass is 15.2. The molecule has 0 amide bonds. The summed E-state index contributed by atoms with van der Waals surface area (Å²) in [6.45, 7) is 11.6. The average Bonchev–Trinajstić information content (AvgIpc) is 2.49. The molecule has 21 heavy (non-hydrogen) atoms. The van der Waals surface area contributed by atoms with E-state index in [0.29, 0.717) is 6.04 Å². The van der Waals surface area contributed by atoms with Crippen LogP contribution in [0, 0.1) is 0 Å². The lowest BCUT2D eigenvalue weighted by Crippen LogP contribution is -2.59. The van der Waals surface area contributed by atoms with E-state index < -0.39 is 0 Å². The Labute approximate surface area is 130 Å². The van der Waals surface area contributed by atoms with Crippen molar-refractivity contribution >= 4 is 0 Å². The van der Waals surface area contributed by atoms with Gasteiger partial charge in [-0.1, -0.05) is 45.0 Å². The first-order valence-electron chi connectivity index (χ1n) is 8.60. The maximum atomic E-state index is 3.63. The van der Waals surface area contributed by atoms with Crippen LogP contribution in [0.1, 0.15) is 57.6 Å². The largest absolute Gasteiger partial charge is 0.315 e. The molecule has 2 heteroatoms. The van der Waals surface area contributed by atoms with Crippen molar-refractivity contribution in [2.45, 2.75) is 64.5 Å². The van der Waals surface area contributed by atoms with Crippen molar-refractivity contribution in [2.75, 3.05) is 20.1 Å². The van der Waals surface area contributed by atoms with Gasteiger partial charge in [0.25, 0.3) is 0 Å². The molecule has 0 spiro atoms. The zero-order valence-corrected chi connectivity index (χ0v) is 14.4. The third-order valence-electron chi connectivity index (χ3n) is 5.78. The Morgan fingerprint density at radius 3 is 2.43 bits per heavy atom. The predicted octanol–water partition coefficient (Wildman–Crippen LogP) is 3.81. The molecule has 0 saturated carbocycles. The van der Waals surface area contributed by atoms with E-state index in [0.717, 1.165) is 19.0 Å². The SMILES string of the molecule is CCN(CC)C(C)(CC)C(CC1Cc2ccccc21)NC. The van der Waals surface area contributed by atoms with Crippen LogP contribution in [-0.4, -0.2) is 36.6 Å². The molecule has 0 fully saturated rings. The van der Waals surface area contributed by atoms with E-state index in [4.69, 9.17) is 0 Å². The van der Waals surface area contributed by atoms with E-state index in [1.54, 1.807) is 11.1 Å². The maximum absolute atomic E-state index is 3.63. The highest BCUT2D eigenvalue weighted by Gasteiger charge is 2.39. The second kappa shape index (κ2) is 6.93. The molecular weight excluding hydrogens is 256 g/mol. The minimum Gasteiger partial charge on any atom is -0.315 e. The lowest BCUT2D eigenvalue weighted by Gasteiger charge is -2.47. The number of fused-ring (bicyclic) bond motifs is 1. The van der Waals surface area contributed by atoms with Crippen molar-refractivity contribution in [3.63, 3.8) is 0 Å². The molecule has 0 heterocycles. The maximum Gasteiger partial charge on any atom is 0.0331 e. The van der Waals surface area contributed by atoms with Crippen LogP contribution in [0.5, 0.6) is 0 Å². The number of benzene rings is 1. The molecule has 1 aliphatic carbocycles. The van der Waals surface area contributed by atoms with Gasteiger partial charge in [-0.15, -0.1) is 0 Å². The molecule has 3 unspecified atom stereocenters. The summed E-state index contributed by atoms with van der Waals surface area (Å²) in [5.41, 5.74) is 3.37. The van der Waals surface area contributed by atoms with Crippen molar-refractivity contribution in [1.29, 1.82) is 0 Å². The first kappa shape index (κ1) is 16.5. The van der Waals surface area contributed by atoms with Crippen LogP contribution in [0.4, 0.5) is 0 Å². The molecule has 1 aromatic carbocycles. The molecule has 1 aromatic rings. The monoisotopic (exact) mass is 288 g/mol. The minimum atomic E-state index is 0.239. The Morgan fingerprint density at radius 2 is 1.90 bits per heavy atom. The Balaban J connectivity index is 2.12. The Bertz CT molecular complexity index is 453.